The van der Waals surface area contributed by atoms with E-state index in [9.17, 15) is 9.59 Å². The second-order valence-electron chi connectivity index (χ2n) is 5.63. The summed E-state index contributed by atoms with van der Waals surface area (Å²) in [7, 11) is 1.75. The Morgan fingerprint density at radius 2 is 1.72 bits per heavy atom. The molecule has 0 atom stereocenters. The fraction of sp³-hybridized carbons (Fsp3) is 0.368. The van der Waals surface area contributed by atoms with Crippen molar-refractivity contribution in [2.45, 2.75) is 27.7 Å². The van der Waals surface area contributed by atoms with Crippen molar-refractivity contribution in [1.82, 2.24) is 4.57 Å². The maximum absolute atomic E-state index is 12.7. The van der Waals surface area contributed by atoms with E-state index < -0.39 is 5.97 Å². The van der Waals surface area contributed by atoms with Crippen molar-refractivity contribution >= 4 is 17.6 Å². The van der Waals surface area contributed by atoms with Crippen LogP contribution in [0.1, 0.15) is 46.0 Å². The highest BCUT2D eigenvalue weighted by molar-refractivity contribution is 6.08. The molecule has 0 saturated heterocycles. The van der Waals surface area contributed by atoms with Crippen molar-refractivity contribution in [3.05, 3.63) is 46.8 Å². The number of esters is 1. The van der Waals surface area contributed by atoms with E-state index in [-0.39, 0.29) is 12.5 Å². The molecule has 0 radical (unpaired) electrons. The van der Waals surface area contributed by atoms with E-state index in [0.29, 0.717) is 34.8 Å². The van der Waals surface area contributed by atoms with Crippen molar-refractivity contribution in [2.24, 2.45) is 7.05 Å². The smallest absolute Gasteiger partial charge is 0.355 e. The van der Waals surface area contributed by atoms with Gasteiger partial charge in [0.15, 0.2) is 0 Å². The maximum atomic E-state index is 12.7. The number of ether oxygens (including phenoxy) is 2. The van der Waals surface area contributed by atoms with Crippen LogP contribution < -0.4 is 10.1 Å². The fourth-order valence-electron chi connectivity index (χ4n) is 2.80. The van der Waals surface area contributed by atoms with Crippen molar-refractivity contribution in [3.63, 3.8) is 0 Å². The van der Waals surface area contributed by atoms with Crippen molar-refractivity contribution in [1.29, 1.82) is 0 Å². The molecule has 1 aromatic heterocycles. The number of rotatable bonds is 6. The van der Waals surface area contributed by atoms with Gasteiger partial charge in [0.05, 0.1) is 18.8 Å². The maximum Gasteiger partial charge on any atom is 0.355 e. The molecule has 0 saturated carbocycles. The van der Waals surface area contributed by atoms with Crippen LogP contribution in [0.15, 0.2) is 24.3 Å². The molecule has 0 fully saturated rings. The van der Waals surface area contributed by atoms with E-state index >= 15 is 0 Å². The van der Waals surface area contributed by atoms with Crippen LogP contribution in [-0.4, -0.2) is 29.7 Å². The molecule has 25 heavy (non-hydrogen) atoms. The van der Waals surface area contributed by atoms with Gasteiger partial charge in [0, 0.05) is 18.4 Å². The number of anilines is 1. The highest BCUT2D eigenvalue weighted by atomic mass is 16.5. The van der Waals surface area contributed by atoms with Crippen LogP contribution in [0, 0.1) is 13.8 Å². The summed E-state index contributed by atoms with van der Waals surface area (Å²) >= 11 is 0. The summed E-state index contributed by atoms with van der Waals surface area (Å²) in [5.41, 5.74) is 2.87. The third-order valence-corrected chi connectivity index (χ3v) is 4.05. The van der Waals surface area contributed by atoms with Gasteiger partial charge >= 0.3 is 5.97 Å². The van der Waals surface area contributed by atoms with Gasteiger partial charge in [-0.1, -0.05) is 0 Å². The summed E-state index contributed by atoms with van der Waals surface area (Å²) in [5.74, 6) is 0.0631. The monoisotopic (exact) mass is 344 g/mol. The molecule has 134 valence electrons. The van der Waals surface area contributed by atoms with E-state index in [4.69, 9.17) is 9.47 Å². The lowest BCUT2D eigenvalue weighted by atomic mass is 10.1. The topological polar surface area (TPSA) is 69.6 Å². The van der Waals surface area contributed by atoms with Gasteiger partial charge < -0.3 is 19.4 Å². The van der Waals surface area contributed by atoms with Crippen molar-refractivity contribution in [3.8, 4) is 5.75 Å². The average Bonchev–Trinajstić information content (AvgIpc) is 2.79. The molecular weight excluding hydrogens is 320 g/mol. The second kappa shape index (κ2) is 7.88. The van der Waals surface area contributed by atoms with Gasteiger partial charge in [-0.3, -0.25) is 4.79 Å². The molecule has 6 nitrogen and oxygen atoms in total. The van der Waals surface area contributed by atoms with E-state index in [1.54, 1.807) is 49.7 Å². The number of nitrogens with zero attached hydrogens (tertiary/aromatic N) is 1. The van der Waals surface area contributed by atoms with E-state index in [1.165, 1.54) is 0 Å². The molecule has 0 aliphatic rings. The number of hydrogen-bond donors (Lipinski definition) is 1. The van der Waals surface area contributed by atoms with Gasteiger partial charge in [-0.25, -0.2) is 4.79 Å². The van der Waals surface area contributed by atoms with Crippen molar-refractivity contribution < 1.29 is 19.1 Å². The Morgan fingerprint density at radius 3 is 2.28 bits per heavy atom. The molecular formula is C19H24N2O4. The minimum absolute atomic E-state index is 0.259. The lowest BCUT2D eigenvalue weighted by molar-refractivity contribution is 0.0514. The largest absolute Gasteiger partial charge is 0.494 e. The van der Waals surface area contributed by atoms with E-state index in [0.717, 1.165) is 5.75 Å². The molecule has 1 N–H and O–H groups in total. The summed E-state index contributed by atoms with van der Waals surface area (Å²) in [6.45, 7) is 8.11. The molecule has 0 aliphatic carbocycles. The third kappa shape index (κ3) is 3.84. The molecule has 2 rings (SSSR count). The molecule has 0 aliphatic heterocycles. The Hall–Kier alpha value is -2.76. The molecule has 1 aromatic carbocycles. The number of aromatic nitrogens is 1. The number of hydrogen-bond acceptors (Lipinski definition) is 4. The fourth-order valence-corrected chi connectivity index (χ4v) is 2.80. The van der Waals surface area contributed by atoms with Gasteiger partial charge in [-0.2, -0.15) is 0 Å². The van der Waals surface area contributed by atoms with Crippen LogP contribution in [-0.2, 0) is 11.8 Å². The van der Waals surface area contributed by atoms with Crippen LogP contribution in [0.5, 0.6) is 5.75 Å². The Balaban J connectivity index is 2.27. The molecule has 1 heterocycles. The number of carbonyl (C=O) groups excluding carboxylic acids is 2. The molecule has 0 unspecified atom stereocenters. The summed E-state index contributed by atoms with van der Waals surface area (Å²) in [5, 5.41) is 2.86. The number of benzene rings is 1. The first-order valence-corrected chi connectivity index (χ1v) is 8.27. The number of carbonyl (C=O) groups is 2. The predicted molar refractivity (Wildman–Crippen MR) is 96.4 cm³/mol. The minimum Gasteiger partial charge on any atom is -0.494 e. The van der Waals surface area contributed by atoms with Crippen LogP contribution in [0.25, 0.3) is 0 Å². The summed E-state index contributed by atoms with van der Waals surface area (Å²) < 4.78 is 12.2. The van der Waals surface area contributed by atoms with Gasteiger partial charge in [0.25, 0.3) is 5.91 Å². The first kappa shape index (κ1) is 18.6. The quantitative estimate of drug-likeness (QED) is 0.815. The van der Waals surface area contributed by atoms with E-state index in [2.05, 4.69) is 5.32 Å². The van der Waals surface area contributed by atoms with Crippen molar-refractivity contribution in [2.75, 3.05) is 18.5 Å². The first-order chi connectivity index (χ1) is 11.9. The Morgan fingerprint density at radius 1 is 1.08 bits per heavy atom. The highest BCUT2D eigenvalue weighted by Crippen LogP contribution is 2.24. The van der Waals surface area contributed by atoms with Gasteiger partial charge in [-0.15, -0.1) is 0 Å². The highest BCUT2D eigenvalue weighted by Gasteiger charge is 2.25. The molecule has 2 aromatic rings. The number of amides is 1. The zero-order chi connectivity index (χ0) is 18.6. The SMILES string of the molecule is CCOC(=O)c1c(C)c(C(=O)Nc2ccc(OCC)cc2)c(C)n1C. The minimum atomic E-state index is -0.425. The lowest BCUT2D eigenvalue weighted by Gasteiger charge is -2.08. The Bertz CT molecular complexity index is 776. The Labute approximate surface area is 147 Å². The van der Waals surface area contributed by atoms with Crippen LogP contribution >= 0.6 is 0 Å². The molecule has 6 heteroatoms. The predicted octanol–water partition coefficient (Wildman–Crippen LogP) is 3.47. The molecule has 1 amide bonds. The van der Waals surface area contributed by atoms with Gasteiger partial charge in [0.1, 0.15) is 11.4 Å². The molecule has 0 spiro atoms. The zero-order valence-electron chi connectivity index (χ0n) is 15.3. The first-order valence-electron chi connectivity index (χ1n) is 8.27. The van der Waals surface area contributed by atoms with Crippen LogP contribution in [0.2, 0.25) is 0 Å². The van der Waals surface area contributed by atoms with E-state index in [1.807, 2.05) is 13.8 Å². The Kier molecular flexibility index (Phi) is 5.85. The molecule has 0 bridgehead atoms. The second-order valence-corrected chi connectivity index (χ2v) is 5.63. The lowest BCUT2D eigenvalue weighted by Crippen LogP contribution is -2.14. The normalized spacial score (nSPS) is 10.4. The van der Waals surface area contributed by atoms with Crippen LogP contribution in [0.3, 0.4) is 0 Å². The third-order valence-electron chi connectivity index (χ3n) is 4.05. The standard InChI is InChI=1S/C19H24N2O4/c1-6-24-15-10-8-14(9-11-15)20-18(22)16-12(3)17(19(23)25-7-2)21(5)13(16)4/h8-11H,6-7H2,1-5H3,(H,20,22). The zero-order valence-corrected chi connectivity index (χ0v) is 15.3. The number of nitrogens with one attached hydrogen (secondary N) is 1. The van der Waals surface area contributed by atoms with Gasteiger partial charge in [0.2, 0.25) is 0 Å². The average molecular weight is 344 g/mol. The van der Waals surface area contributed by atoms with Crippen LogP contribution in [0.4, 0.5) is 5.69 Å². The summed E-state index contributed by atoms with van der Waals surface area (Å²) in [4.78, 5) is 24.8. The summed E-state index contributed by atoms with van der Waals surface area (Å²) in [6, 6.07) is 7.16. The van der Waals surface area contributed by atoms with Gasteiger partial charge in [-0.05, 0) is 57.5 Å². The summed E-state index contributed by atoms with van der Waals surface area (Å²) in [6.07, 6.45) is 0.